The molecular formula is C32H30N2O2. The summed E-state index contributed by atoms with van der Waals surface area (Å²) in [6.07, 6.45) is 0. The highest BCUT2D eigenvalue weighted by atomic mass is 16.5. The van der Waals surface area contributed by atoms with Crippen molar-refractivity contribution in [2.75, 3.05) is 16.3 Å². The maximum atomic E-state index is 14.4. The van der Waals surface area contributed by atoms with Crippen LogP contribution in [-0.4, -0.2) is 12.5 Å². The smallest absolute Gasteiger partial charge is 0.338 e. The zero-order chi connectivity index (χ0) is 24.7. The third kappa shape index (κ3) is 3.74. The summed E-state index contributed by atoms with van der Waals surface area (Å²) < 4.78 is 6.14. The van der Waals surface area contributed by atoms with E-state index in [9.17, 15) is 4.79 Å². The molecule has 0 N–H and O–H groups in total. The van der Waals surface area contributed by atoms with Crippen molar-refractivity contribution in [3.8, 4) is 0 Å². The molecule has 6 rings (SSSR count). The minimum absolute atomic E-state index is 0.222. The van der Waals surface area contributed by atoms with E-state index in [2.05, 4.69) is 72.2 Å². The summed E-state index contributed by atoms with van der Waals surface area (Å²) in [6, 6.07) is 33.3. The monoisotopic (exact) mass is 474 g/mol. The quantitative estimate of drug-likeness (QED) is 0.326. The standard InChI is InChI=1S/C32H30N2O2/c1-23-13-15-29-27(18-23)20-34-30-16-14-24(2)17-26(30)19-33(29)22-32(34,28-11-7-4-8-12-28)31(35)36-21-25-9-5-3-6-10-25/h3-18H,19-22H2,1-2H3. The van der Waals surface area contributed by atoms with Crippen LogP contribution in [0.3, 0.4) is 0 Å². The van der Waals surface area contributed by atoms with Gasteiger partial charge < -0.3 is 14.5 Å². The van der Waals surface area contributed by atoms with E-state index in [1.807, 2.05) is 48.5 Å². The number of fused-ring (bicyclic) bond motifs is 7. The predicted octanol–water partition coefficient (Wildman–Crippen LogP) is 6.28. The van der Waals surface area contributed by atoms with Gasteiger partial charge in [0.15, 0.2) is 5.54 Å². The first-order valence-corrected chi connectivity index (χ1v) is 12.5. The summed E-state index contributed by atoms with van der Waals surface area (Å²) in [5.74, 6) is -0.222. The van der Waals surface area contributed by atoms with Gasteiger partial charge in [0, 0.05) is 24.5 Å². The first-order chi connectivity index (χ1) is 17.5. The van der Waals surface area contributed by atoms with Gasteiger partial charge in [-0.15, -0.1) is 0 Å². The molecule has 0 aliphatic carbocycles. The lowest BCUT2D eigenvalue weighted by atomic mass is 9.86. The molecule has 0 saturated carbocycles. The number of hydrogen-bond acceptors (Lipinski definition) is 4. The number of carbonyl (C=O) groups excluding carboxylic acids is 1. The molecule has 4 heteroatoms. The van der Waals surface area contributed by atoms with Crippen LogP contribution in [0.2, 0.25) is 0 Å². The lowest BCUT2D eigenvalue weighted by Crippen LogP contribution is -2.56. The maximum Gasteiger partial charge on any atom is 0.338 e. The number of esters is 1. The molecule has 0 spiro atoms. The Morgan fingerprint density at radius 1 is 0.778 bits per heavy atom. The van der Waals surface area contributed by atoms with E-state index in [0.29, 0.717) is 13.1 Å². The summed E-state index contributed by atoms with van der Waals surface area (Å²) >= 11 is 0. The number of carbonyl (C=O) groups is 1. The Balaban J connectivity index is 1.54. The molecule has 1 atom stereocenters. The summed E-state index contributed by atoms with van der Waals surface area (Å²) in [6.45, 7) is 6.37. The molecule has 0 aromatic heterocycles. The lowest BCUT2D eigenvalue weighted by molar-refractivity contribution is -0.151. The molecular weight excluding hydrogens is 444 g/mol. The number of hydrogen-bond donors (Lipinski definition) is 0. The van der Waals surface area contributed by atoms with Gasteiger partial charge in [0.05, 0.1) is 6.54 Å². The van der Waals surface area contributed by atoms with Crippen LogP contribution >= 0.6 is 0 Å². The third-order valence-corrected chi connectivity index (χ3v) is 7.47. The summed E-state index contributed by atoms with van der Waals surface area (Å²) in [5, 5.41) is 0. The van der Waals surface area contributed by atoms with E-state index in [1.165, 1.54) is 27.9 Å². The van der Waals surface area contributed by atoms with Gasteiger partial charge in [0.2, 0.25) is 0 Å². The van der Waals surface area contributed by atoms with Crippen molar-refractivity contribution in [2.24, 2.45) is 0 Å². The number of rotatable bonds is 4. The van der Waals surface area contributed by atoms with Gasteiger partial charge in [-0.2, -0.15) is 0 Å². The van der Waals surface area contributed by atoms with E-state index in [-0.39, 0.29) is 12.6 Å². The van der Waals surface area contributed by atoms with Crippen LogP contribution in [0.1, 0.15) is 33.4 Å². The molecule has 4 aromatic rings. The highest BCUT2D eigenvalue weighted by Gasteiger charge is 2.52. The summed E-state index contributed by atoms with van der Waals surface area (Å²) in [5.41, 5.74) is 8.12. The molecule has 2 bridgehead atoms. The predicted molar refractivity (Wildman–Crippen MR) is 144 cm³/mol. The molecule has 2 aliphatic heterocycles. The maximum absolute atomic E-state index is 14.4. The van der Waals surface area contributed by atoms with Crippen LogP contribution in [0.15, 0.2) is 97.1 Å². The molecule has 0 fully saturated rings. The van der Waals surface area contributed by atoms with E-state index >= 15 is 0 Å². The van der Waals surface area contributed by atoms with Gasteiger partial charge in [0.25, 0.3) is 0 Å². The number of aryl methyl sites for hydroxylation is 2. The van der Waals surface area contributed by atoms with Crippen molar-refractivity contribution in [1.29, 1.82) is 0 Å². The number of benzene rings is 4. The fourth-order valence-corrected chi connectivity index (χ4v) is 5.74. The second-order valence-electron chi connectivity index (χ2n) is 9.99. The van der Waals surface area contributed by atoms with E-state index in [1.54, 1.807) is 0 Å². The topological polar surface area (TPSA) is 32.8 Å². The Hall–Kier alpha value is -4.05. The highest BCUT2D eigenvalue weighted by Crippen LogP contribution is 2.46. The Morgan fingerprint density at radius 2 is 1.39 bits per heavy atom. The minimum atomic E-state index is -0.997. The van der Waals surface area contributed by atoms with Gasteiger partial charge in [-0.25, -0.2) is 4.79 Å². The van der Waals surface area contributed by atoms with Gasteiger partial charge in [0.1, 0.15) is 6.61 Å². The van der Waals surface area contributed by atoms with Gasteiger partial charge in [-0.3, -0.25) is 0 Å². The zero-order valence-electron chi connectivity index (χ0n) is 20.8. The number of nitrogens with zero attached hydrogens (tertiary/aromatic N) is 2. The van der Waals surface area contributed by atoms with E-state index in [4.69, 9.17) is 4.74 Å². The van der Waals surface area contributed by atoms with Crippen molar-refractivity contribution in [3.05, 3.63) is 130 Å². The average molecular weight is 475 g/mol. The second-order valence-corrected chi connectivity index (χ2v) is 9.99. The number of anilines is 2. The van der Waals surface area contributed by atoms with Crippen molar-refractivity contribution in [3.63, 3.8) is 0 Å². The van der Waals surface area contributed by atoms with Gasteiger partial charge >= 0.3 is 5.97 Å². The molecule has 4 aromatic carbocycles. The molecule has 180 valence electrons. The van der Waals surface area contributed by atoms with Crippen LogP contribution in [0.5, 0.6) is 0 Å². The van der Waals surface area contributed by atoms with Crippen molar-refractivity contribution < 1.29 is 9.53 Å². The van der Waals surface area contributed by atoms with Gasteiger partial charge in [-0.05, 0) is 48.2 Å². The summed E-state index contributed by atoms with van der Waals surface area (Å²) in [4.78, 5) is 19.1. The van der Waals surface area contributed by atoms with Crippen LogP contribution in [0.25, 0.3) is 0 Å². The molecule has 1 unspecified atom stereocenters. The molecule has 36 heavy (non-hydrogen) atoms. The average Bonchev–Trinajstić information content (AvgIpc) is 3.12. The van der Waals surface area contributed by atoms with Crippen molar-refractivity contribution >= 4 is 17.3 Å². The molecule has 0 saturated heterocycles. The summed E-state index contributed by atoms with van der Waals surface area (Å²) in [7, 11) is 0. The highest BCUT2D eigenvalue weighted by molar-refractivity contribution is 5.90. The Bertz CT molecular complexity index is 1420. The van der Waals surface area contributed by atoms with Crippen molar-refractivity contribution in [2.45, 2.75) is 39.1 Å². The Morgan fingerprint density at radius 3 is 2.08 bits per heavy atom. The molecule has 2 heterocycles. The first-order valence-electron chi connectivity index (χ1n) is 12.5. The fourth-order valence-electron chi connectivity index (χ4n) is 5.74. The largest absolute Gasteiger partial charge is 0.459 e. The minimum Gasteiger partial charge on any atom is -0.459 e. The number of ether oxygens (including phenoxy) is 1. The third-order valence-electron chi connectivity index (χ3n) is 7.47. The van der Waals surface area contributed by atoms with Crippen LogP contribution in [0, 0.1) is 13.8 Å². The SMILES string of the molecule is Cc1ccc2c(c1)CN1c3ccc(C)cc3CN2CC1(C(=O)OCc1ccccc1)c1ccccc1. The van der Waals surface area contributed by atoms with E-state index < -0.39 is 5.54 Å². The van der Waals surface area contributed by atoms with Crippen LogP contribution in [0.4, 0.5) is 11.4 Å². The van der Waals surface area contributed by atoms with Crippen LogP contribution in [-0.2, 0) is 34.8 Å². The van der Waals surface area contributed by atoms with E-state index in [0.717, 1.165) is 23.4 Å². The van der Waals surface area contributed by atoms with Gasteiger partial charge in [-0.1, -0.05) is 96.1 Å². The Kier molecular flexibility index (Phi) is 5.52. The van der Waals surface area contributed by atoms with Crippen molar-refractivity contribution in [1.82, 2.24) is 0 Å². The fraction of sp³-hybridized carbons (Fsp3) is 0.219. The normalized spacial score (nSPS) is 18.2. The molecule has 4 nitrogen and oxygen atoms in total. The lowest BCUT2D eigenvalue weighted by Gasteiger charge is -2.42. The molecule has 0 amide bonds. The molecule has 0 radical (unpaired) electrons. The Labute approximate surface area is 212 Å². The first kappa shape index (κ1) is 22.4. The zero-order valence-corrected chi connectivity index (χ0v) is 20.8. The molecule has 2 aliphatic rings. The van der Waals surface area contributed by atoms with Crippen LogP contribution < -0.4 is 9.80 Å². The second kappa shape index (κ2) is 8.87.